The SMILES string of the molecule is CC(CCl)CS(=O)(=O)c1ccc(Br)cc1[N+](=O)[O-]. The highest BCUT2D eigenvalue weighted by atomic mass is 79.9. The van der Waals surface area contributed by atoms with Crippen molar-refractivity contribution in [1.29, 1.82) is 0 Å². The third kappa shape index (κ3) is 3.66. The van der Waals surface area contributed by atoms with Crippen molar-refractivity contribution in [2.75, 3.05) is 11.6 Å². The Morgan fingerprint density at radius 3 is 2.61 bits per heavy atom. The third-order valence-corrected chi connectivity index (χ3v) is 5.26. The number of nitro groups is 1. The number of hydrogen-bond acceptors (Lipinski definition) is 4. The molecule has 0 heterocycles. The molecule has 100 valence electrons. The highest BCUT2D eigenvalue weighted by molar-refractivity contribution is 9.10. The van der Waals surface area contributed by atoms with Gasteiger partial charge in [-0.25, -0.2) is 8.42 Å². The van der Waals surface area contributed by atoms with E-state index in [1.165, 1.54) is 18.2 Å². The molecule has 0 amide bonds. The van der Waals surface area contributed by atoms with Crippen LogP contribution >= 0.6 is 27.5 Å². The lowest BCUT2D eigenvalue weighted by Gasteiger charge is -2.09. The Bertz CT molecular complexity index is 561. The summed E-state index contributed by atoms with van der Waals surface area (Å²) in [5.41, 5.74) is -0.425. The molecule has 1 rings (SSSR count). The minimum absolute atomic E-state index is 0.184. The monoisotopic (exact) mass is 355 g/mol. The summed E-state index contributed by atoms with van der Waals surface area (Å²) in [6, 6.07) is 3.88. The van der Waals surface area contributed by atoms with Crippen molar-refractivity contribution in [1.82, 2.24) is 0 Å². The van der Waals surface area contributed by atoms with E-state index in [1.807, 2.05) is 0 Å². The van der Waals surface area contributed by atoms with Gasteiger partial charge in [0.1, 0.15) is 4.90 Å². The summed E-state index contributed by atoms with van der Waals surface area (Å²) in [6.45, 7) is 1.68. The van der Waals surface area contributed by atoms with Gasteiger partial charge in [0.05, 0.1) is 10.7 Å². The largest absolute Gasteiger partial charge is 0.289 e. The average molecular weight is 357 g/mol. The first-order chi connectivity index (χ1) is 8.27. The van der Waals surface area contributed by atoms with Crippen LogP contribution in [0.2, 0.25) is 0 Å². The molecule has 0 saturated carbocycles. The van der Waals surface area contributed by atoms with Gasteiger partial charge in [0.25, 0.3) is 5.69 Å². The summed E-state index contributed by atoms with van der Waals surface area (Å²) in [6.07, 6.45) is 0. The van der Waals surface area contributed by atoms with Gasteiger partial charge in [-0.15, -0.1) is 11.6 Å². The normalized spacial score (nSPS) is 13.3. The standard InChI is InChI=1S/C10H11BrClNO4S/c1-7(5-12)6-18(16,17)10-3-2-8(11)4-9(10)13(14)15/h2-4,7H,5-6H2,1H3. The second kappa shape index (κ2) is 5.99. The fourth-order valence-electron chi connectivity index (χ4n) is 1.41. The Labute approximate surface area is 118 Å². The van der Waals surface area contributed by atoms with Crippen molar-refractivity contribution >= 4 is 43.1 Å². The molecule has 0 fully saturated rings. The topological polar surface area (TPSA) is 77.3 Å². The van der Waals surface area contributed by atoms with Gasteiger partial charge in [-0.3, -0.25) is 10.1 Å². The van der Waals surface area contributed by atoms with Crippen LogP contribution in [0.15, 0.2) is 27.6 Å². The predicted octanol–water partition coefficient (Wildman–Crippen LogP) is 3.01. The van der Waals surface area contributed by atoms with Crippen molar-refractivity contribution in [3.05, 3.63) is 32.8 Å². The molecule has 0 aliphatic rings. The molecule has 0 N–H and O–H groups in total. The first kappa shape index (κ1) is 15.4. The number of rotatable bonds is 5. The number of nitro benzene ring substituents is 1. The van der Waals surface area contributed by atoms with E-state index in [4.69, 9.17) is 11.6 Å². The van der Waals surface area contributed by atoms with E-state index < -0.39 is 20.4 Å². The van der Waals surface area contributed by atoms with E-state index in [2.05, 4.69) is 15.9 Å². The van der Waals surface area contributed by atoms with E-state index in [9.17, 15) is 18.5 Å². The summed E-state index contributed by atoms with van der Waals surface area (Å²) in [5, 5.41) is 10.9. The lowest BCUT2D eigenvalue weighted by atomic mass is 10.3. The first-order valence-corrected chi connectivity index (χ1v) is 7.98. The molecule has 1 unspecified atom stereocenters. The van der Waals surface area contributed by atoms with E-state index in [-0.39, 0.29) is 22.4 Å². The maximum atomic E-state index is 12.1. The van der Waals surface area contributed by atoms with Crippen LogP contribution < -0.4 is 0 Å². The second-order valence-electron chi connectivity index (χ2n) is 3.91. The van der Waals surface area contributed by atoms with Crippen LogP contribution in [0.1, 0.15) is 6.92 Å². The van der Waals surface area contributed by atoms with Crippen molar-refractivity contribution in [2.45, 2.75) is 11.8 Å². The Morgan fingerprint density at radius 1 is 1.50 bits per heavy atom. The predicted molar refractivity (Wildman–Crippen MR) is 72.7 cm³/mol. The highest BCUT2D eigenvalue weighted by Crippen LogP contribution is 2.29. The Hall–Kier alpha value is -0.660. The second-order valence-corrected chi connectivity index (χ2v) is 7.14. The van der Waals surface area contributed by atoms with Crippen molar-refractivity contribution in [3.63, 3.8) is 0 Å². The van der Waals surface area contributed by atoms with E-state index in [0.717, 1.165) is 0 Å². The van der Waals surface area contributed by atoms with Gasteiger partial charge in [-0.1, -0.05) is 22.9 Å². The van der Waals surface area contributed by atoms with Gasteiger partial charge >= 0.3 is 0 Å². The molecule has 1 atom stereocenters. The van der Waals surface area contributed by atoms with Crippen LogP contribution in [0.4, 0.5) is 5.69 Å². The van der Waals surface area contributed by atoms with Gasteiger partial charge in [0.15, 0.2) is 9.84 Å². The van der Waals surface area contributed by atoms with Gasteiger partial charge < -0.3 is 0 Å². The number of alkyl halides is 1. The first-order valence-electron chi connectivity index (χ1n) is 5.00. The molecular weight excluding hydrogens is 346 g/mol. The van der Waals surface area contributed by atoms with Crippen molar-refractivity contribution in [3.8, 4) is 0 Å². The lowest BCUT2D eigenvalue weighted by molar-refractivity contribution is -0.387. The fourth-order valence-corrected chi connectivity index (χ4v) is 3.77. The van der Waals surface area contributed by atoms with Crippen LogP contribution in [0, 0.1) is 16.0 Å². The van der Waals surface area contributed by atoms with E-state index in [0.29, 0.717) is 4.47 Å². The molecule has 0 aliphatic heterocycles. The number of halogens is 2. The van der Waals surface area contributed by atoms with Crippen LogP contribution in [0.5, 0.6) is 0 Å². The summed E-state index contributed by atoms with van der Waals surface area (Å²) >= 11 is 8.64. The van der Waals surface area contributed by atoms with Gasteiger partial charge in [-0.05, 0) is 18.1 Å². The number of nitrogens with zero attached hydrogens (tertiary/aromatic N) is 1. The number of benzene rings is 1. The summed E-state index contributed by atoms with van der Waals surface area (Å²) in [7, 11) is -3.71. The zero-order valence-corrected chi connectivity index (χ0v) is 12.6. The zero-order valence-electron chi connectivity index (χ0n) is 9.47. The summed E-state index contributed by atoms with van der Waals surface area (Å²) in [4.78, 5) is 9.89. The van der Waals surface area contributed by atoms with Gasteiger partial charge in [-0.2, -0.15) is 0 Å². The smallest absolute Gasteiger partial charge is 0.258 e. The molecule has 1 aromatic carbocycles. The maximum Gasteiger partial charge on any atom is 0.289 e. The van der Waals surface area contributed by atoms with Crippen molar-refractivity contribution < 1.29 is 13.3 Å². The molecule has 8 heteroatoms. The average Bonchev–Trinajstić information content (AvgIpc) is 2.27. The van der Waals surface area contributed by atoms with Gasteiger partial charge in [0, 0.05) is 16.4 Å². The molecule has 0 bridgehead atoms. The third-order valence-electron chi connectivity index (χ3n) is 2.22. The Morgan fingerprint density at radius 2 is 2.11 bits per heavy atom. The van der Waals surface area contributed by atoms with Crippen LogP contribution in [-0.2, 0) is 9.84 Å². The molecule has 0 aromatic heterocycles. The number of sulfone groups is 1. The minimum Gasteiger partial charge on any atom is -0.258 e. The summed E-state index contributed by atoms with van der Waals surface area (Å²) in [5.74, 6) is -0.289. The molecule has 5 nitrogen and oxygen atoms in total. The minimum atomic E-state index is -3.71. The highest BCUT2D eigenvalue weighted by Gasteiger charge is 2.27. The zero-order chi connectivity index (χ0) is 13.9. The molecule has 0 saturated heterocycles. The molecule has 1 aromatic rings. The number of hydrogen-bond donors (Lipinski definition) is 0. The van der Waals surface area contributed by atoms with Crippen molar-refractivity contribution in [2.24, 2.45) is 5.92 Å². The van der Waals surface area contributed by atoms with E-state index in [1.54, 1.807) is 6.92 Å². The summed E-state index contributed by atoms with van der Waals surface area (Å²) < 4.78 is 24.6. The molecule has 0 radical (unpaired) electrons. The Balaban J connectivity index is 3.28. The lowest BCUT2D eigenvalue weighted by Crippen LogP contribution is -2.16. The van der Waals surface area contributed by atoms with E-state index >= 15 is 0 Å². The molecule has 0 aliphatic carbocycles. The fraction of sp³-hybridized carbons (Fsp3) is 0.400. The maximum absolute atomic E-state index is 12.1. The molecule has 18 heavy (non-hydrogen) atoms. The molecule has 0 spiro atoms. The quantitative estimate of drug-likeness (QED) is 0.461. The Kier molecular flexibility index (Phi) is 5.12. The van der Waals surface area contributed by atoms with Crippen LogP contribution in [0.3, 0.4) is 0 Å². The molecular formula is C10H11BrClNO4S. The van der Waals surface area contributed by atoms with Crippen LogP contribution in [-0.4, -0.2) is 25.0 Å². The van der Waals surface area contributed by atoms with Crippen LogP contribution in [0.25, 0.3) is 0 Å². The van der Waals surface area contributed by atoms with Gasteiger partial charge in [0.2, 0.25) is 0 Å².